The zero-order chi connectivity index (χ0) is 17.9. The minimum atomic E-state index is -4.55. The van der Waals surface area contributed by atoms with Gasteiger partial charge in [-0.15, -0.1) is 0 Å². The fourth-order valence-corrected chi connectivity index (χ4v) is 2.33. The Morgan fingerprint density at radius 3 is 2.46 bits per heavy atom. The van der Waals surface area contributed by atoms with Gasteiger partial charge in [-0.05, 0) is 31.9 Å². The van der Waals surface area contributed by atoms with E-state index in [2.05, 4.69) is 9.97 Å². The Bertz CT molecular complexity index is 702. The molecule has 0 radical (unpaired) electrons. The van der Waals surface area contributed by atoms with Crippen LogP contribution >= 0.6 is 0 Å². The molecule has 0 unspecified atom stereocenters. The molecule has 0 aliphatic rings. The van der Waals surface area contributed by atoms with E-state index in [0.29, 0.717) is 12.1 Å². The molecule has 0 bridgehead atoms. The maximum Gasteiger partial charge on any atom is 0.421 e. The smallest absolute Gasteiger partial charge is 0.421 e. The molecule has 0 spiro atoms. The third-order valence-electron chi connectivity index (χ3n) is 3.44. The van der Waals surface area contributed by atoms with Gasteiger partial charge in [-0.3, -0.25) is 0 Å². The largest absolute Gasteiger partial charge is 0.461 e. The van der Waals surface area contributed by atoms with E-state index in [0.717, 1.165) is 11.8 Å². The number of ether oxygens (including phenoxy) is 1. The molecule has 4 nitrogen and oxygen atoms in total. The molecule has 0 atom stereocenters. The summed E-state index contributed by atoms with van der Waals surface area (Å²) in [7, 11) is 1.56. The van der Waals surface area contributed by atoms with Crippen LogP contribution < -0.4 is 9.64 Å². The lowest BCUT2D eigenvalue weighted by Gasteiger charge is -2.24. The number of hydrogen-bond donors (Lipinski definition) is 0. The van der Waals surface area contributed by atoms with E-state index in [1.165, 1.54) is 4.90 Å². The normalized spacial score (nSPS) is 11.7. The van der Waals surface area contributed by atoms with Gasteiger partial charge < -0.3 is 9.64 Å². The summed E-state index contributed by atoms with van der Waals surface area (Å²) in [5, 5.41) is 0. The van der Waals surface area contributed by atoms with E-state index >= 15 is 0 Å². The van der Waals surface area contributed by atoms with Crippen molar-refractivity contribution in [3.8, 4) is 6.01 Å². The molecule has 0 saturated heterocycles. The number of alkyl halides is 3. The molecule has 1 aromatic carbocycles. The number of anilines is 2. The maximum atomic E-state index is 13.4. The number of benzene rings is 1. The number of aromatic nitrogens is 2. The fraction of sp³-hybridized carbons (Fsp3) is 0.412. The van der Waals surface area contributed by atoms with Crippen LogP contribution in [0.25, 0.3) is 0 Å². The zero-order valence-corrected chi connectivity index (χ0v) is 14.1. The summed E-state index contributed by atoms with van der Waals surface area (Å²) in [4.78, 5) is 9.12. The minimum absolute atomic E-state index is 0.0752. The van der Waals surface area contributed by atoms with Crippen molar-refractivity contribution in [3.05, 3.63) is 41.6 Å². The summed E-state index contributed by atoms with van der Waals surface area (Å²) >= 11 is 0. The number of hydrogen-bond acceptors (Lipinski definition) is 4. The maximum absolute atomic E-state index is 13.4. The first-order valence-corrected chi connectivity index (χ1v) is 7.66. The van der Waals surface area contributed by atoms with Crippen LogP contribution in [0.4, 0.5) is 24.7 Å². The summed E-state index contributed by atoms with van der Waals surface area (Å²) in [5.41, 5.74) is 0.699. The quantitative estimate of drug-likeness (QED) is 0.797. The fourth-order valence-electron chi connectivity index (χ4n) is 2.33. The monoisotopic (exact) mass is 339 g/mol. The third-order valence-corrected chi connectivity index (χ3v) is 3.44. The summed E-state index contributed by atoms with van der Waals surface area (Å²) < 4.78 is 45.4. The third kappa shape index (κ3) is 3.96. The van der Waals surface area contributed by atoms with Crippen molar-refractivity contribution in [2.45, 2.75) is 39.5 Å². The Labute approximate surface area is 139 Å². The molecule has 0 aliphatic carbocycles. The van der Waals surface area contributed by atoms with Crippen molar-refractivity contribution in [2.24, 2.45) is 0 Å². The highest BCUT2D eigenvalue weighted by atomic mass is 19.4. The summed E-state index contributed by atoms with van der Waals surface area (Å²) in [5.74, 6) is -0.228. The van der Waals surface area contributed by atoms with E-state index in [1.54, 1.807) is 33.0 Å². The van der Waals surface area contributed by atoms with Gasteiger partial charge in [0, 0.05) is 18.9 Å². The van der Waals surface area contributed by atoms with Crippen molar-refractivity contribution in [3.63, 3.8) is 0 Å². The molecule has 0 aliphatic heterocycles. The number of halogens is 3. The molecule has 2 aromatic rings. The Morgan fingerprint density at radius 1 is 1.21 bits per heavy atom. The Hall–Kier alpha value is -2.31. The van der Waals surface area contributed by atoms with Crippen molar-refractivity contribution >= 4 is 11.5 Å². The summed E-state index contributed by atoms with van der Waals surface area (Å²) in [6.07, 6.45) is -3.32. The molecule has 0 fully saturated rings. The Balaban J connectivity index is 2.56. The minimum Gasteiger partial charge on any atom is -0.461 e. The molecular formula is C17H20F3N3O. The van der Waals surface area contributed by atoms with E-state index < -0.39 is 11.7 Å². The first-order chi connectivity index (χ1) is 11.2. The van der Waals surface area contributed by atoms with Crippen LogP contribution in [0.2, 0.25) is 0 Å². The predicted molar refractivity (Wildman–Crippen MR) is 86.7 cm³/mol. The summed E-state index contributed by atoms with van der Waals surface area (Å²) in [6.45, 7) is 5.47. The zero-order valence-electron chi connectivity index (χ0n) is 14.1. The highest BCUT2D eigenvalue weighted by Gasteiger charge is 2.37. The molecule has 0 saturated carbocycles. The van der Waals surface area contributed by atoms with Gasteiger partial charge in [0.05, 0.1) is 6.10 Å². The van der Waals surface area contributed by atoms with Gasteiger partial charge in [-0.2, -0.15) is 18.2 Å². The number of nitrogens with zero attached hydrogens (tertiary/aromatic N) is 3. The number of rotatable bonds is 5. The number of aryl methyl sites for hydroxylation is 1. The Kier molecular flexibility index (Phi) is 5.31. The first kappa shape index (κ1) is 18.0. The van der Waals surface area contributed by atoms with Gasteiger partial charge in [-0.25, -0.2) is 4.98 Å². The molecule has 1 heterocycles. The van der Waals surface area contributed by atoms with Crippen molar-refractivity contribution in [1.82, 2.24) is 9.97 Å². The van der Waals surface area contributed by atoms with Crippen molar-refractivity contribution < 1.29 is 17.9 Å². The average Bonchev–Trinajstić information content (AvgIpc) is 2.52. The van der Waals surface area contributed by atoms with Crippen molar-refractivity contribution in [1.29, 1.82) is 0 Å². The van der Waals surface area contributed by atoms with Crippen LogP contribution in [0.1, 0.15) is 31.9 Å². The predicted octanol–water partition coefficient (Wildman–Crippen LogP) is 4.61. The highest BCUT2D eigenvalue weighted by molar-refractivity contribution is 5.66. The lowest BCUT2D eigenvalue weighted by Crippen LogP contribution is -2.21. The first-order valence-electron chi connectivity index (χ1n) is 7.66. The van der Waals surface area contributed by atoms with E-state index in [1.807, 2.05) is 19.1 Å². The van der Waals surface area contributed by atoms with E-state index in [4.69, 9.17) is 4.74 Å². The van der Waals surface area contributed by atoms with Gasteiger partial charge in [0.25, 0.3) is 0 Å². The molecule has 0 N–H and O–H groups in total. The van der Waals surface area contributed by atoms with Gasteiger partial charge in [0.15, 0.2) is 5.82 Å². The van der Waals surface area contributed by atoms with E-state index in [-0.39, 0.29) is 17.9 Å². The van der Waals surface area contributed by atoms with Crippen LogP contribution in [0.3, 0.4) is 0 Å². The van der Waals surface area contributed by atoms with E-state index in [9.17, 15) is 13.2 Å². The van der Waals surface area contributed by atoms with Crippen LogP contribution in [-0.4, -0.2) is 23.1 Å². The Morgan fingerprint density at radius 2 is 1.88 bits per heavy atom. The lowest BCUT2D eigenvalue weighted by molar-refractivity contribution is -0.137. The molecular weight excluding hydrogens is 319 g/mol. The standard InChI is InChI=1S/C17H20F3N3O/c1-5-12-8-6-7-9-14(12)23(4)15-13(17(18,19)20)10-21-16(22-15)24-11(2)3/h6-11H,5H2,1-4H3. The second kappa shape index (κ2) is 7.07. The van der Waals surface area contributed by atoms with Gasteiger partial charge in [0.1, 0.15) is 5.56 Å². The molecule has 0 amide bonds. The molecule has 1 aromatic heterocycles. The SMILES string of the molecule is CCc1ccccc1N(C)c1nc(OC(C)C)ncc1C(F)(F)F. The lowest BCUT2D eigenvalue weighted by atomic mass is 10.1. The van der Waals surface area contributed by atoms with Crippen molar-refractivity contribution in [2.75, 3.05) is 11.9 Å². The average molecular weight is 339 g/mol. The van der Waals surface area contributed by atoms with Crippen LogP contribution in [0.15, 0.2) is 30.5 Å². The topological polar surface area (TPSA) is 38.2 Å². The van der Waals surface area contributed by atoms with Gasteiger partial charge in [0.2, 0.25) is 0 Å². The molecule has 130 valence electrons. The second-order valence-electron chi connectivity index (χ2n) is 5.60. The van der Waals surface area contributed by atoms with Crippen LogP contribution in [0.5, 0.6) is 6.01 Å². The molecule has 7 heteroatoms. The van der Waals surface area contributed by atoms with Gasteiger partial charge >= 0.3 is 12.2 Å². The summed E-state index contributed by atoms with van der Waals surface area (Å²) in [6, 6.07) is 7.21. The van der Waals surface area contributed by atoms with Crippen LogP contribution in [0, 0.1) is 0 Å². The number of para-hydroxylation sites is 1. The molecule has 2 rings (SSSR count). The second-order valence-corrected chi connectivity index (χ2v) is 5.60. The van der Waals surface area contributed by atoms with Crippen LogP contribution in [-0.2, 0) is 12.6 Å². The van der Waals surface area contributed by atoms with Gasteiger partial charge in [-0.1, -0.05) is 25.1 Å². The highest BCUT2D eigenvalue weighted by Crippen LogP contribution is 2.38. The molecule has 24 heavy (non-hydrogen) atoms.